The fraction of sp³-hybridized carbons (Fsp3) is 0.167. The first-order chi connectivity index (χ1) is 16.5. The van der Waals surface area contributed by atoms with Crippen molar-refractivity contribution in [3.8, 4) is 0 Å². The fourth-order valence-electron chi connectivity index (χ4n) is 3.29. The molecule has 0 aliphatic carbocycles. The number of carbonyl (C=O) groups excluding carboxylic acids is 1. The van der Waals surface area contributed by atoms with Gasteiger partial charge in [-0.05, 0) is 59.1 Å². The first-order valence-electron chi connectivity index (χ1n) is 10.7. The van der Waals surface area contributed by atoms with Gasteiger partial charge < -0.3 is 15.2 Å². The largest absolute Gasteiger partial charge is 0.381 e. The molecule has 0 aliphatic heterocycles. The van der Waals surface area contributed by atoms with E-state index in [1.807, 2.05) is 33.7 Å². The predicted octanol–water partition coefficient (Wildman–Crippen LogP) is 4.18. The lowest BCUT2D eigenvalue weighted by atomic mass is 10.1. The molecule has 0 radical (unpaired) electrons. The highest BCUT2D eigenvalue weighted by Gasteiger charge is 2.18. The van der Waals surface area contributed by atoms with Crippen molar-refractivity contribution >= 4 is 38.6 Å². The van der Waals surface area contributed by atoms with Gasteiger partial charge >= 0.3 is 0 Å². The van der Waals surface area contributed by atoms with Gasteiger partial charge in [0.15, 0.2) is 0 Å². The van der Waals surface area contributed by atoms with E-state index >= 15 is 0 Å². The Labute approximate surface area is 202 Å². The number of anilines is 2. The zero-order chi connectivity index (χ0) is 23.8. The highest BCUT2D eigenvalue weighted by molar-refractivity contribution is 7.92. The van der Waals surface area contributed by atoms with E-state index in [-0.39, 0.29) is 16.4 Å². The summed E-state index contributed by atoms with van der Waals surface area (Å²) in [4.78, 5) is 16.9. The minimum absolute atomic E-state index is 0.00948. The van der Waals surface area contributed by atoms with Crippen LogP contribution in [0.5, 0.6) is 0 Å². The van der Waals surface area contributed by atoms with Gasteiger partial charge in [-0.25, -0.2) is 13.4 Å². The number of hydrogen-bond acceptors (Lipinski definition) is 6. The summed E-state index contributed by atoms with van der Waals surface area (Å²) in [7, 11) is -3.90. The number of imidazole rings is 1. The van der Waals surface area contributed by atoms with Gasteiger partial charge in [0.25, 0.3) is 15.9 Å². The number of benzene rings is 2. The van der Waals surface area contributed by atoms with Crippen molar-refractivity contribution in [1.82, 2.24) is 14.9 Å². The Morgan fingerprint density at radius 1 is 1.06 bits per heavy atom. The Morgan fingerprint density at radius 2 is 1.91 bits per heavy atom. The van der Waals surface area contributed by atoms with Crippen LogP contribution in [0.25, 0.3) is 0 Å². The van der Waals surface area contributed by atoms with Gasteiger partial charge in [0.05, 0.1) is 11.2 Å². The summed E-state index contributed by atoms with van der Waals surface area (Å²) in [6.07, 6.45) is 6.01. The van der Waals surface area contributed by atoms with E-state index < -0.39 is 10.0 Å². The van der Waals surface area contributed by atoms with Gasteiger partial charge in [-0.1, -0.05) is 18.2 Å². The van der Waals surface area contributed by atoms with Gasteiger partial charge in [-0.3, -0.25) is 9.52 Å². The Balaban J connectivity index is 1.51. The summed E-state index contributed by atoms with van der Waals surface area (Å²) >= 11 is 1.59. The van der Waals surface area contributed by atoms with E-state index in [9.17, 15) is 13.2 Å². The molecule has 3 N–H and O–H groups in total. The minimum Gasteiger partial charge on any atom is -0.381 e. The van der Waals surface area contributed by atoms with Gasteiger partial charge in [-0.2, -0.15) is 11.3 Å². The van der Waals surface area contributed by atoms with Crippen LogP contribution >= 0.6 is 11.3 Å². The van der Waals surface area contributed by atoms with Crippen LogP contribution in [0.3, 0.4) is 0 Å². The van der Waals surface area contributed by atoms with Gasteiger partial charge in [0.2, 0.25) is 0 Å². The number of nitrogens with zero attached hydrogens (tertiary/aromatic N) is 2. The maximum Gasteiger partial charge on any atom is 0.261 e. The van der Waals surface area contributed by atoms with Crippen molar-refractivity contribution in [2.45, 2.75) is 24.4 Å². The SMILES string of the molecule is O=C(NCCCn1ccnc1)c1cc(NCc2ccsc2)cc(S(=O)(=O)Nc2ccccc2)c1. The van der Waals surface area contributed by atoms with Gasteiger partial charge in [0.1, 0.15) is 0 Å². The van der Waals surface area contributed by atoms with Gasteiger partial charge in [-0.15, -0.1) is 0 Å². The summed E-state index contributed by atoms with van der Waals surface area (Å²) in [5.74, 6) is -0.332. The molecule has 0 unspecified atom stereocenters. The van der Waals surface area contributed by atoms with Crippen molar-refractivity contribution in [2.24, 2.45) is 0 Å². The molecule has 4 aromatic rings. The highest BCUT2D eigenvalue weighted by Crippen LogP contribution is 2.23. The number of thiophene rings is 1. The zero-order valence-corrected chi connectivity index (χ0v) is 20.0. The number of aryl methyl sites for hydroxylation is 1. The minimum atomic E-state index is -3.90. The van der Waals surface area contributed by atoms with Crippen molar-refractivity contribution in [2.75, 3.05) is 16.6 Å². The third kappa shape index (κ3) is 6.46. The number of amides is 1. The Bertz CT molecular complexity index is 1310. The van der Waals surface area contributed by atoms with E-state index in [1.54, 1.807) is 54.2 Å². The number of carbonyl (C=O) groups is 1. The molecule has 0 bridgehead atoms. The Kier molecular flexibility index (Phi) is 7.61. The molecule has 1 amide bonds. The van der Waals surface area contributed by atoms with E-state index in [0.29, 0.717) is 24.5 Å². The first kappa shape index (κ1) is 23.5. The Hall–Kier alpha value is -3.63. The molecule has 176 valence electrons. The highest BCUT2D eigenvalue weighted by atomic mass is 32.2. The molecule has 0 saturated carbocycles. The van der Waals surface area contributed by atoms with Crippen LogP contribution < -0.4 is 15.4 Å². The zero-order valence-electron chi connectivity index (χ0n) is 18.3. The summed E-state index contributed by atoms with van der Waals surface area (Å²) in [6, 6.07) is 15.2. The lowest BCUT2D eigenvalue weighted by Gasteiger charge is -2.13. The number of sulfonamides is 1. The third-order valence-corrected chi connectivity index (χ3v) is 7.11. The lowest BCUT2D eigenvalue weighted by molar-refractivity contribution is 0.0952. The second-order valence-electron chi connectivity index (χ2n) is 7.61. The van der Waals surface area contributed by atoms with Crippen LogP contribution in [0.15, 0.2) is 89.0 Å². The van der Waals surface area contributed by atoms with E-state index in [0.717, 1.165) is 18.5 Å². The maximum absolute atomic E-state index is 13.1. The molecule has 0 spiro atoms. The molecular weight excluding hydrogens is 470 g/mol. The molecular formula is C24H25N5O3S2. The third-order valence-electron chi connectivity index (χ3n) is 5.02. The predicted molar refractivity (Wildman–Crippen MR) is 135 cm³/mol. The molecule has 10 heteroatoms. The maximum atomic E-state index is 13.1. The van der Waals surface area contributed by atoms with Crippen molar-refractivity contribution in [3.63, 3.8) is 0 Å². The van der Waals surface area contributed by atoms with Gasteiger partial charge in [0, 0.05) is 49.0 Å². The summed E-state index contributed by atoms with van der Waals surface area (Å²) in [6.45, 7) is 1.70. The van der Waals surface area contributed by atoms with Crippen LogP contribution in [-0.2, 0) is 23.1 Å². The van der Waals surface area contributed by atoms with Crippen LogP contribution in [0.2, 0.25) is 0 Å². The lowest BCUT2D eigenvalue weighted by Crippen LogP contribution is -2.26. The number of aromatic nitrogens is 2. The van der Waals surface area contributed by atoms with E-state index in [4.69, 9.17) is 0 Å². The molecule has 34 heavy (non-hydrogen) atoms. The van der Waals surface area contributed by atoms with Crippen LogP contribution in [0.1, 0.15) is 22.3 Å². The molecule has 2 heterocycles. The fourth-order valence-corrected chi connectivity index (χ4v) is 5.09. The standard InChI is InChI=1S/C24H25N5O3S2/c30-24(26-8-4-10-29-11-9-25-18-29)20-13-22(27-16-19-7-12-33-17-19)15-23(14-20)34(31,32)28-21-5-2-1-3-6-21/h1-3,5-7,9,11-15,17-18,27-28H,4,8,10,16H2,(H,26,30). The summed E-state index contributed by atoms with van der Waals surface area (Å²) < 4.78 is 30.7. The summed E-state index contributed by atoms with van der Waals surface area (Å²) in [5, 5.41) is 10.1. The molecule has 0 aliphatic rings. The second kappa shape index (κ2) is 11.0. The first-order valence-corrected chi connectivity index (χ1v) is 13.1. The molecule has 2 aromatic heterocycles. The van der Waals surface area contributed by atoms with Crippen LogP contribution in [-0.4, -0.2) is 30.4 Å². The number of para-hydroxylation sites is 1. The molecule has 4 rings (SSSR count). The molecule has 0 atom stereocenters. The van der Waals surface area contributed by atoms with Crippen LogP contribution in [0.4, 0.5) is 11.4 Å². The molecule has 0 saturated heterocycles. The van der Waals surface area contributed by atoms with E-state index in [2.05, 4.69) is 20.3 Å². The normalized spacial score (nSPS) is 11.2. The van der Waals surface area contributed by atoms with Crippen molar-refractivity contribution < 1.29 is 13.2 Å². The number of rotatable bonds is 11. The smallest absolute Gasteiger partial charge is 0.261 e. The van der Waals surface area contributed by atoms with E-state index in [1.165, 1.54) is 12.1 Å². The Morgan fingerprint density at radius 3 is 2.65 bits per heavy atom. The van der Waals surface area contributed by atoms with Crippen molar-refractivity contribution in [1.29, 1.82) is 0 Å². The number of hydrogen-bond donors (Lipinski definition) is 3. The molecule has 0 fully saturated rings. The monoisotopic (exact) mass is 495 g/mol. The van der Waals surface area contributed by atoms with Crippen LogP contribution in [0, 0.1) is 0 Å². The molecule has 2 aromatic carbocycles. The average Bonchev–Trinajstić information content (AvgIpc) is 3.55. The van der Waals surface area contributed by atoms with Crippen molar-refractivity contribution in [3.05, 3.63) is 95.2 Å². The quantitative estimate of drug-likeness (QED) is 0.271. The average molecular weight is 496 g/mol. The topological polar surface area (TPSA) is 105 Å². The second-order valence-corrected chi connectivity index (χ2v) is 10.1. The molecule has 8 nitrogen and oxygen atoms in total. The summed E-state index contributed by atoms with van der Waals surface area (Å²) in [5.41, 5.74) is 2.34. The number of nitrogens with one attached hydrogen (secondary N) is 3.